The third-order valence-electron chi connectivity index (χ3n) is 7.54. The van der Waals surface area contributed by atoms with Crippen LogP contribution in [0.3, 0.4) is 0 Å². The van der Waals surface area contributed by atoms with Gasteiger partial charge in [-0.2, -0.15) is 4.98 Å². The van der Waals surface area contributed by atoms with Crippen molar-refractivity contribution in [2.45, 2.75) is 69.5 Å². The van der Waals surface area contributed by atoms with Crippen molar-refractivity contribution < 1.29 is 33.3 Å². The number of nitrogens with one attached hydrogen (secondary N) is 2. The fraction of sp³-hybridized carbons (Fsp3) is 0.583. The number of H-pyrrole nitrogens is 1. The number of rotatable bonds is 12. The molecule has 0 aliphatic carbocycles. The van der Waals surface area contributed by atoms with Crippen LogP contribution >= 0.6 is 7.75 Å². The number of hydrogen-bond acceptors (Lipinski definition) is 15. The molecule has 0 aromatic carbocycles. The Bertz CT molecular complexity index is 1730. The van der Waals surface area contributed by atoms with Crippen LogP contribution in [0.15, 0.2) is 23.8 Å². The zero-order valence-corrected chi connectivity index (χ0v) is 24.6. The number of aromatic nitrogens is 8. The van der Waals surface area contributed by atoms with Crippen LogP contribution in [0.1, 0.15) is 45.1 Å². The maximum Gasteiger partial charge on any atom is 0.405 e. The Labute approximate surface area is 249 Å². The Morgan fingerprint density at radius 3 is 2.59 bits per heavy atom. The Kier molecular flexibility index (Phi) is 8.62. The lowest BCUT2D eigenvalue weighted by Crippen LogP contribution is -2.32. The highest BCUT2D eigenvalue weighted by atomic mass is 31.2. The first-order valence-electron chi connectivity index (χ1n) is 14.1. The van der Waals surface area contributed by atoms with Gasteiger partial charge in [0.25, 0.3) is 5.56 Å². The van der Waals surface area contributed by atoms with Gasteiger partial charge in [-0.1, -0.05) is 13.3 Å². The number of hydrogen-bond donors (Lipinski definition) is 6. The topological polar surface area (TPSA) is 266 Å². The first kappa shape index (κ1) is 30.5. The summed E-state index contributed by atoms with van der Waals surface area (Å²) in [6.45, 7) is 1.61. The van der Waals surface area contributed by atoms with Gasteiger partial charge >= 0.3 is 7.75 Å². The number of nitrogens with zero attached hydrogens (tertiary/aromatic N) is 7. The van der Waals surface area contributed by atoms with Crippen LogP contribution in [0.5, 0.6) is 0 Å². The first-order chi connectivity index (χ1) is 21.2. The van der Waals surface area contributed by atoms with Crippen molar-refractivity contribution in [1.29, 1.82) is 0 Å². The third-order valence-corrected chi connectivity index (χ3v) is 9.19. The van der Waals surface area contributed by atoms with Gasteiger partial charge in [0.1, 0.15) is 42.6 Å². The fourth-order valence-electron chi connectivity index (χ4n) is 5.27. The molecule has 2 aliphatic rings. The molecule has 4 aromatic rings. The third kappa shape index (κ3) is 5.92. The van der Waals surface area contributed by atoms with Crippen molar-refractivity contribution >= 4 is 41.8 Å². The minimum Gasteiger partial charge on any atom is -0.394 e. The largest absolute Gasteiger partial charge is 0.405 e. The SMILES string of the molecule is CCCCNP(=O)(OC[C@H]1O[C@@H](n2cnc3c(=O)[nH]c(N)nc32)C[C@@H]1O)O[C@H]1C[C@H](n2cnc3c(N)ncnc32)O[C@@H]1CO. The molecule has 1 unspecified atom stereocenters. The lowest BCUT2D eigenvalue weighted by Gasteiger charge is -2.26. The van der Waals surface area contributed by atoms with Gasteiger partial charge in [-0.05, 0) is 6.42 Å². The fourth-order valence-corrected chi connectivity index (χ4v) is 6.85. The summed E-state index contributed by atoms with van der Waals surface area (Å²) in [6.07, 6.45) is 1.06. The highest BCUT2D eigenvalue weighted by Crippen LogP contribution is 2.49. The van der Waals surface area contributed by atoms with Crippen molar-refractivity contribution in [3.05, 3.63) is 29.3 Å². The maximum absolute atomic E-state index is 14.0. The molecule has 0 spiro atoms. The molecule has 2 aliphatic heterocycles. The number of ether oxygens (including phenoxy) is 2. The normalized spacial score (nSPS) is 27.0. The number of aliphatic hydroxyl groups is 2. The summed E-state index contributed by atoms with van der Waals surface area (Å²) in [5.41, 5.74) is 12.2. The van der Waals surface area contributed by atoms with Crippen LogP contribution in [0.25, 0.3) is 22.3 Å². The van der Waals surface area contributed by atoms with Gasteiger partial charge in [0.15, 0.2) is 22.6 Å². The van der Waals surface area contributed by atoms with Gasteiger partial charge in [-0.15, -0.1) is 0 Å². The second-order valence-electron chi connectivity index (χ2n) is 10.5. The van der Waals surface area contributed by atoms with E-state index in [4.69, 9.17) is 30.0 Å². The molecule has 4 aromatic heterocycles. The monoisotopic (exact) mass is 635 g/mol. The average Bonchev–Trinajstić information content (AvgIpc) is 3.77. The molecule has 44 heavy (non-hydrogen) atoms. The number of fused-ring (bicyclic) bond motifs is 2. The summed E-state index contributed by atoms with van der Waals surface area (Å²) in [4.78, 5) is 35.2. The summed E-state index contributed by atoms with van der Waals surface area (Å²) in [6, 6.07) is 0. The van der Waals surface area contributed by atoms with Crippen LogP contribution in [-0.2, 0) is 23.1 Å². The minimum absolute atomic E-state index is 0.0742. The lowest BCUT2D eigenvalue weighted by molar-refractivity contribution is -0.0509. The van der Waals surface area contributed by atoms with E-state index in [1.165, 1.54) is 23.5 Å². The lowest BCUT2D eigenvalue weighted by atomic mass is 10.2. The van der Waals surface area contributed by atoms with Gasteiger partial charge in [0.05, 0.1) is 32.0 Å². The van der Waals surface area contributed by atoms with Crippen LogP contribution in [0, 0.1) is 0 Å². The van der Waals surface area contributed by atoms with Crippen molar-refractivity contribution in [2.75, 3.05) is 31.2 Å². The summed E-state index contributed by atoms with van der Waals surface area (Å²) in [7, 11) is -4.02. The van der Waals surface area contributed by atoms with Crippen LogP contribution in [0.4, 0.5) is 11.8 Å². The molecule has 0 saturated carbocycles. The molecule has 0 amide bonds. The molecule has 6 rings (SSSR count). The van der Waals surface area contributed by atoms with Gasteiger partial charge < -0.3 is 31.2 Å². The Hall–Kier alpha value is -3.55. The van der Waals surface area contributed by atoms with E-state index in [2.05, 4.69) is 35.0 Å². The standard InChI is InChI=1S/C24H34N11O8P/c1-2-3-4-31-44(39,43-13-6-17(41-14(13)7-36)34-10-29-18-20(25)27-9-28-21(18)34)40-8-15-12(37)5-16(42-15)35-11-30-19-22(35)32-24(26)33-23(19)38/h9-17,36-37H,2-8H2,1H3,(H,31,39)(H2,25,27,28)(H3,26,32,33,38)/t12-,13-,14+,15+,16+,17+,44?/m0/s1. The van der Waals surface area contributed by atoms with E-state index >= 15 is 0 Å². The smallest absolute Gasteiger partial charge is 0.394 e. The van der Waals surface area contributed by atoms with E-state index in [0.717, 1.165) is 6.42 Å². The van der Waals surface area contributed by atoms with Crippen LogP contribution in [0.2, 0.25) is 0 Å². The van der Waals surface area contributed by atoms with Crippen molar-refractivity contribution in [2.24, 2.45) is 0 Å². The molecular formula is C24H34N11O8P. The van der Waals surface area contributed by atoms with Crippen molar-refractivity contribution in [3.8, 4) is 0 Å². The molecule has 6 heterocycles. The van der Waals surface area contributed by atoms with Gasteiger partial charge in [0, 0.05) is 19.4 Å². The minimum atomic E-state index is -4.02. The van der Waals surface area contributed by atoms with E-state index < -0.39 is 56.8 Å². The quantitative estimate of drug-likeness (QED) is 0.0880. The molecule has 7 atom stereocenters. The molecular weight excluding hydrogens is 601 g/mol. The zero-order chi connectivity index (χ0) is 31.0. The van der Waals surface area contributed by atoms with Gasteiger partial charge in [-0.3, -0.25) is 28.0 Å². The van der Waals surface area contributed by atoms with Crippen molar-refractivity contribution in [1.82, 2.24) is 44.1 Å². The highest BCUT2D eigenvalue weighted by Gasteiger charge is 2.44. The van der Waals surface area contributed by atoms with Crippen LogP contribution in [-0.4, -0.2) is 93.4 Å². The number of nitrogen functional groups attached to an aromatic ring is 2. The number of imidazole rings is 2. The van der Waals surface area contributed by atoms with Crippen LogP contribution < -0.4 is 22.1 Å². The number of aliphatic hydroxyl groups excluding tert-OH is 2. The summed E-state index contributed by atoms with van der Waals surface area (Å²) in [5.74, 6) is 0.127. The Morgan fingerprint density at radius 1 is 1.09 bits per heavy atom. The number of aromatic amines is 1. The average molecular weight is 636 g/mol. The van der Waals surface area contributed by atoms with E-state index in [1.807, 2.05) is 6.92 Å². The number of anilines is 2. The number of unbranched alkanes of at least 4 members (excludes halogenated alkanes) is 1. The van der Waals surface area contributed by atoms with Crippen molar-refractivity contribution in [3.63, 3.8) is 0 Å². The number of nitrogens with two attached hydrogens (primary N) is 2. The summed E-state index contributed by atoms with van der Waals surface area (Å²) in [5, 5.41) is 23.7. The molecule has 20 heteroatoms. The second kappa shape index (κ2) is 12.4. The molecule has 2 saturated heterocycles. The molecule has 0 radical (unpaired) electrons. The van der Waals surface area contributed by atoms with Gasteiger partial charge in [-0.25, -0.2) is 29.6 Å². The van der Waals surface area contributed by atoms with E-state index in [9.17, 15) is 19.6 Å². The maximum atomic E-state index is 14.0. The molecule has 8 N–H and O–H groups in total. The summed E-state index contributed by atoms with van der Waals surface area (Å²) >= 11 is 0. The van der Waals surface area contributed by atoms with Gasteiger partial charge in [0.2, 0.25) is 5.95 Å². The first-order valence-corrected chi connectivity index (χ1v) is 15.7. The van der Waals surface area contributed by atoms with E-state index in [-0.39, 0.29) is 42.4 Å². The molecule has 238 valence electrons. The predicted molar refractivity (Wildman–Crippen MR) is 154 cm³/mol. The molecule has 0 bridgehead atoms. The molecule has 19 nitrogen and oxygen atoms in total. The summed E-state index contributed by atoms with van der Waals surface area (Å²) < 4.78 is 41.0. The van der Waals surface area contributed by atoms with E-state index in [1.54, 1.807) is 4.57 Å². The zero-order valence-electron chi connectivity index (χ0n) is 23.7. The van der Waals surface area contributed by atoms with E-state index in [0.29, 0.717) is 24.1 Å². The Balaban J connectivity index is 1.16. The predicted octanol–water partition coefficient (Wildman–Crippen LogP) is -0.0483. The molecule has 2 fully saturated rings. The Morgan fingerprint density at radius 2 is 1.82 bits per heavy atom. The highest BCUT2D eigenvalue weighted by molar-refractivity contribution is 7.51. The second-order valence-corrected chi connectivity index (χ2v) is 12.3.